The molecule has 0 saturated carbocycles. The van der Waals surface area contributed by atoms with E-state index in [1.165, 1.54) is 0 Å². The topological polar surface area (TPSA) is 45.9 Å². The molecule has 0 bridgehead atoms. The molecule has 0 aliphatic carbocycles. The molecule has 0 N–H and O–H groups in total. The molecular weight excluding hydrogens is 176 g/mol. The van der Waals surface area contributed by atoms with Gasteiger partial charge in [-0.05, 0) is 18.6 Å². The van der Waals surface area contributed by atoms with Gasteiger partial charge in [0.25, 0.3) is 0 Å². The molecule has 0 aliphatic rings. The Hall–Kier alpha value is -1.56. The Labute approximate surface area is 84.3 Å². The van der Waals surface area contributed by atoms with Crippen LogP contribution in [0.1, 0.15) is 31.7 Å². The van der Waals surface area contributed by atoms with E-state index >= 15 is 0 Å². The van der Waals surface area contributed by atoms with Gasteiger partial charge in [-0.2, -0.15) is 5.26 Å². The first-order valence-corrected chi connectivity index (χ1v) is 4.86. The maximum atomic E-state index is 8.75. The Kier molecular flexibility index (Phi) is 4.49. The molecule has 0 saturated heterocycles. The van der Waals surface area contributed by atoms with E-state index in [1.54, 1.807) is 18.3 Å². The summed E-state index contributed by atoms with van der Waals surface area (Å²) in [7, 11) is 0. The zero-order valence-corrected chi connectivity index (χ0v) is 8.36. The van der Waals surface area contributed by atoms with Gasteiger partial charge < -0.3 is 4.74 Å². The number of ether oxygens (including phenoxy) is 1. The van der Waals surface area contributed by atoms with E-state index in [-0.39, 0.29) is 0 Å². The second-order valence-electron chi connectivity index (χ2n) is 3.02. The number of hydrogen-bond acceptors (Lipinski definition) is 3. The van der Waals surface area contributed by atoms with Crippen LogP contribution in [0.5, 0.6) is 5.88 Å². The molecule has 0 unspecified atom stereocenters. The molecule has 1 aromatic rings. The Bertz CT molecular complexity index is 317. The van der Waals surface area contributed by atoms with Gasteiger partial charge in [-0.3, -0.25) is 0 Å². The van der Waals surface area contributed by atoms with Gasteiger partial charge in [0.15, 0.2) is 0 Å². The van der Waals surface area contributed by atoms with Crippen molar-refractivity contribution in [1.29, 1.82) is 5.26 Å². The summed E-state index contributed by atoms with van der Waals surface area (Å²) in [5.41, 5.74) is 0.504. The van der Waals surface area contributed by atoms with Gasteiger partial charge in [0.05, 0.1) is 6.61 Å². The quantitative estimate of drug-likeness (QED) is 0.670. The molecule has 0 amide bonds. The SMILES string of the molecule is CCCCCOc1ncccc1C#N. The highest BCUT2D eigenvalue weighted by molar-refractivity contribution is 5.36. The number of nitriles is 1. The van der Waals surface area contributed by atoms with Crippen LogP contribution in [0.2, 0.25) is 0 Å². The minimum Gasteiger partial charge on any atom is -0.477 e. The third-order valence-electron chi connectivity index (χ3n) is 1.88. The van der Waals surface area contributed by atoms with E-state index in [0.29, 0.717) is 18.1 Å². The summed E-state index contributed by atoms with van der Waals surface area (Å²) in [4.78, 5) is 4.00. The number of aromatic nitrogens is 1. The second-order valence-corrected chi connectivity index (χ2v) is 3.02. The minimum absolute atomic E-state index is 0.450. The van der Waals surface area contributed by atoms with Crippen molar-refractivity contribution in [1.82, 2.24) is 4.98 Å². The fourth-order valence-electron chi connectivity index (χ4n) is 1.11. The van der Waals surface area contributed by atoms with E-state index < -0.39 is 0 Å². The first-order chi connectivity index (χ1) is 6.88. The summed E-state index contributed by atoms with van der Waals surface area (Å²) in [5.74, 6) is 0.450. The minimum atomic E-state index is 0.450. The predicted octanol–water partition coefficient (Wildman–Crippen LogP) is 2.52. The van der Waals surface area contributed by atoms with Crippen LogP contribution >= 0.6 is 0 Å². The summed E-state index contributed by atoms with van der Waals surface area (Å²) >= 11 is 0. The maximum Gasteiger partial charge on any atom is 0.231 e. The standard InChI is InChI=1S/C11H14N2O/c1-2-3-4-8-14-11-10(9-12)6-5-7-13-11/h5-7H,2-4,8H2,1H3. The second kappa shape index (κ2) is 5.98. The molecule has 0 spiro atoms. The van der Waals surface area contributed by atoms with Crippen LogP contribution in [-0.4, -0.2) is 11.6 Å². The van der Waals surface area contributed by atoms with Crippen LogP contribution in [0, 0.1) is 11.3 Å². The molecular formula is C11H14N2O. The summed E-state index contributed by atoms with van der Waals surface area (Å²) in [6.07, 6.45) is 4.96. The number of pyridine rings is 1. The fraction of sp³-hybridized carbons (Fsp3) is 0.455. The van der Waals surface area contributed by atoms with Crippen molar-refractivity contribution in [3.63, 3.8) is 0 Å². The van der Waals surface area contributed by atoms with Crippen LogP contribution in [0.15, 0.2) is 18.3 Å². The van der Waals surface area contributed by atoms with Crippen LogP contribution in [0.25, 0.3) is 0 Å². The van der Waals surface area contributed by atoms with Gasteiger partial charge in [0, 0.05) is 6.20 Å². The normalized spacial score (nSPS) is 9.43. The van der Waals surface area contributed by atoms with Crippen LogP contribution in [0.3, 0.4) is 0 Å². The lowest BCUT2D eigenvalue weighted by molar-refractivity contribution is 0.294. The van der Waals surface area contributed by atoms with Gasteiger partial charge in [0.2, 0.25) is 5.88 Å². The molecule has 0 radical (unpaired) electrons. The lowest BCUT2D eigenvalue weighted by Gasteiger charge is -2.04. The van der Waals surface area contributed by atoms with Crippen molar-refractivity contribution in [3.05, 3.63) is 23.9 Å². The monoisotopic (exact) mass is 190 g/mol. The molecule has 1 aromatic heterocycles. The summed E-state index contributed by atoms with van der Waals surface area (Å²) < 4.78 is 5.40. The van der Waals surface area contributed by atoms with Gasteiger partial charge >= 0.3 is 0 Å². The fourth-order valence-corrected chi connectivity index (χ4v) is 1.11. The van der Waals surface area contributed by atoms with E-state index in [0.717, 1.165) is 19.3 Å². The highest BCUT2D eigenvalue weighted by Gasteiger charge is 2.02. The molecule has 1 rings (SSSR count). The zero-order valence-electron chi connectivity index (χ0n) is 8.36. The highest BCUT2D eigenvalue weighted by Crippen LogP contribution is 2.12. The Morgan fingerprint density at radius 3 is 3.07 bits per heavy atom. The summed E-state index contributed by atoms with van der Waals surface area (Å²) in [5, 5.41) is 8.75. The van der Waals surface area contributed by atoms with Crippen molar-refractivity contribution >= 4 is 0 Å². The Morgan fingerprint density at radius 2 is 2.36 bits per heavy atom. The van der Waals surface area contributed by atoms with Gasteiger partial charge in [-0.15, -0.1) is 0 Å². The highest BCUT2D eigenvalue weighted by atomic mass is 16.5. The van der Waals surface area contributed by atoms with E-state index in [1.807, 2.05) is 6.07 Å². The smallest absolute Gasteiger partial charge is 0.231 e. The van der Waals surface area contributed by atoms with Crippen LogP contribution in [0.4, 0.5) is 0 Å². The molecule has 0 fully saturated rings. The van der Waals surface area contributed by atoms with Crippen molar-refractivity contribution in [2.75, 3.05) is 6.61 Å². The van der Waals surface area contributed by atoms with Crippen LogP contribution < -0.4 is 4.74 Å². The number of unbranched alkanes of at least 4 members (excludes halogenated alkanes) is 2. The van der Waals surface area contributed by atoms with E-state index in [9.17, 15) is 0 Å². The molecule has 14 heavy (non-hydrogen) atoms. The van der Waals surface area contributed by atoms with Crippen molar-refractivity contribution in [2.24, 2.45) is 0 Å². The molecule has 3 nitrogen and oxygen atoms in total. The summed E-state index contributed by atoms with van der Waals surface area (Å²) in [6, 6.07) is 5.49. The predicted molar refractivity (Wildman–Crippen MR) is 54.0 cm³/mol. The Balaban J connectivity index is 2.46. The van der Waals surface area contributed by atoms with Gasteiger partial charge in [-0.1, -0.05) is 19.8 Å². The molecule has 1 heterocycles. The maximum absolute atomic E-state index is 8.75. The van der Waals surface area contributed by atoms with Gasteiger partial charge in [-0.25, -0.2) is 4.98 Å². The van der Waals surface area contributed by atoms with Crippen molar-refractivity contribution in [2.45, 2.75) is 26.2 Å². The molecule has 3 heteroatoms. The average molecular weight is 190 g/mol. The third kappa shape index (κ3) is 3.06. The molecule has 74 valence electrons. The molecule has 0 aliphatic heterocycles. The van der Waals surface area contributed by atoms with E-state index in [4.69, 9.17) is 10.00 Å². The molecule has 0 atom stereocenters. The third-order valence-corrected chi connectivity index (χ3v) is 1.88. The summed E-state index contributed by atoms with van der Waals surface area (Å²) in [6.45, 7) is 2.78. The largest absolute Gasteiger partial charge is 0.477 e. The zero-order chi connectivity index (χ0) is 10.2. The molecule has 0 aromatic carbocycles. The number of rotatable bonds is 5. The lowest BCUT2D eigenvalue weighted by atomic mass is 10.2. The number of nitrogens with zero attached hydrogens (tertiary/aromatic N) is 2. The van der Waals surface area contributed by atoms with Gasteiger partial charge in [0.1, 0.15) is 11.6 Å². The number of hydrogen-bond donors (Lipinski definition) is 0. The first-order valence-electron chi connectivity index (χ1n) is 4.86. The van der Waals surface area contributed by atoms with Crippen LogP contribution in [-0.2, 0) is 0 Å². The lowest BCUT2D eigenvalue weighted by Crippen LogP contribution is -2.00. The first kappa shape index (κ1) is 10.5. The van der Waals surface area contributed by atoms with Crippen molar-refractivity contribution < 1.29 is 4.74 Å². The average Bonchev–Trinajstić information content (AvgIpc) is 2.25. The van der Waals surface area contributed by atoms with E-state index in [2.05, 4.69) is 11.9 Å². The van der Waals surface area contributed by atoms with Crippen molar-refractivity contribution in [3.8, 4) is 11.9 Å². The Morgan fingerprint density at radius 1 is 1.50 bits per heavy atom.